The first kappa shape index (κ1) is 18.3. The Morgan fingerprint density at radius 2 is 1.95 bits per heavy atom. The fourth-order valence-corrected chi connectivity index (χ4v) is 4.24. The number of morpholine rings is 1. The van der Waals surface area contributed by atoms with E-state index in [-0.39, 0.29) is 29.4 Å². The minimum Gasteiger partial charge on any atom is -0.378 e. The van der Waals surface area contributed by atoms with Crippen LogP contribution in [0.3, 0.4) is 0 Å². The summed E-state index contributed by atoms with van der Waals surface area (Å²) >= 11 is 0. The molecule has 2 unspecified atom stereocenters. The molecule has 1 saturated heterocycles. The monoisotopic (exact) mass is 423 g/mol. The van der Waals surface area contributed by atoms with E-state index >= 15 is 0 Å². The molecule has 1 spiro atoms. The lowest BCUT2D eigenvalue weighted by Gasteiger charge is -2.56. The van der Waals surface area contributed by atoms with Gasteiger partial charge < -0.3 is 20.1 Å². The zero-order valence-electron chi connectivity index (χ0n) is 13.6. The van der Waals surface area contributed by atoms with Crippen LogP contribution in [0.15, 0.2) is 4.99 Å². The van der Waals surface area contributed by atoms with Crippen molar-refractivity contribution in [2.75, 3.05) is 32.9 Å². The smallest absolute Gasteiger partial charge is 0.191 e. The molecule has 0 radical (unpaired) electrons. The van der Waals surface area contributed by atoms with E-state index in [1.165, 1.54) is 32.1 Å². The molecular formula is C16H30IN3O2. The maximum Gasteiger partial charge on any atom is 0.191 e. The molecule has 0 bridgehead atoms. The van der Waals surface area contributed by atoms with Crippen molar-refractivity contribution in [3.05, 3.63) is 0 Å². The fourth-order valence-electron chi connectivity index (χ4n) is 4.24. The van der Waals surface area contributed by atoms with Gasteiger partial charge in [-0.05, 0) is 26.2 Å². The number of ether oxygens (including phenoxy) is 2. The third-order valence-corrected chi connectivity index (χ3v) is 5.52. The summed E-state index contributed by atoms with van der Waals surface area (Å²) in [4.78, 5) is 7.06. The number of hydrogen-bond donors (Lipinski definition) is 1. The summed E-state index contributed by atoms with van der Waals surface area (Å²) in [6.07, 6.45) is 7.92. The molecule has 3 rings (SSSR count). The minimum atomic E-state index is 0. The molecule has 3 aliphatic rings. The number of nitrogens with two attached hydrogens (primary N) is 1. The summed E-state index contributed by atoms with van der Waals surface area (Å²) in [5.41, 5.74) is 6.52. The van der Waals surface area contributed by atoms with Crippen LogP contribution in [-0.4, -0.2) is 55.9 Å². The van der Waals surface area contributed by atoms with Crippen LogP contribution < -0.4 is 5.73 Å². The molecule has 0 aromatic heterocycles. The van der Waals surface area contributed by atoms with Crippen LogP contribution in [0.25, 0.3) is 0 Å². The molecule has 2 N–H and O–H groups in total. The predicted octanol–water partition coefficient (Wildman–Crippen LogP) is 2.38. The van der Waals surface area contributed by atoms with Crippen LogP contribution >= 0.6 is 24.0 Å². The van der Waals surface area contributed by atoms with Crippen LogP contribution in [0.1, 0.15) is 45.4 Å². The van der Waals surface area contributed by atoms with Crippen molar-refractivity contribution in [2.45, 2.75) is 57.6 Å². The Kier molecular flexibility index (Phi) is 6.76. The number of nitrogens with zero attached hydrogens (tertiary/aromatic N) is 2. The van der Waals surface area contributed by atoms with E-state index in [0.717, 1.165) is 39.3 Å². The van der Waals surface area contributed by atoms with Crippen LogP contribution in [0.2, 0.25) is 0 Å². The van der Waals surface area contributed by atoms with Gasteiger partial charge in [-0.2, -0.15) is 0 Å². The normalized spacial score (nSPS) is 31.5. The Morgan fingerprint density at radius 1 is 1.27 bits per heavy atom. The molecule has 128 valence electrons. The highest BCUT2D eigenvalue weighted by molar-refractivity contribution is 14.0. The van der Waals surface area contributed by atoms with Gasteiger partial charge >= 0.3 is 0 Å². The summed E-state index contributed by atoms with van der Waals surface area (Å²) in [7, 11) is 0. The topological polar surface area (TPSA) is 60.1 Å². The number of halogens is 1. The van der Waals surface area contributed by atoms with Crippen molar-refractivity contribution in [1.29, 1.82) is 0 Å². The van der Waals surface area contributed by atoms with Gasteiger partial charge in [0.2, 0.25) is 0 Å². The number of hydrogen-bond acceptors (Lipinski definition) is 3. The second-order valence-electron chi connectivity index (χ2n) is 6.58. The molecule has 2 aliphatic carbocycles. The largest absolute Gasteiger partial charge is 0.378 e. The molecule has 5 nitrogen and oxygen atoms in total. The van der Waals surface area contributed by atoms with Crippen LogP contribution in [0.4, 0.5) is 0 Å². The number of rotatable bonds is 3. The Balaban J connectivity index is 0.00000176. The molecule has 1 heterocycles. The first-order valence-electron chi connectivity index (χ1n) is 8.54. The maximum absolute atomic E-state index is 6.25. The molecule has 0 aromatic rings. The molecule has 3 fully saturated rings. The van der Waals surface area contributed by atoms with Gasteiger partial charge in [-0.3, -0.25) is 0 Å². The second kappa shape index (κ2) is 8.15. The maximum atomic E-state index is 6.25. The molecule has 2 atom stereocenters. The minimum absolute atomic E-state index is 0. The molecule has 6 heteroatoms. The fraction of sp³-hybridized carbons (Fsp3) is 0.938. The lowest BCUT2D eigenvalue weighted by Crippen LogP contribution is -2.59. The van der Waals surface area contributed by atoms with E-state index in [2.05, 4.69) is 11.8 Å². The van der Waals surface area contributed by atoms with Crippen molar-refractivity contribution in [3.8, 4) is 0 Å². The highest BCUT2D eigenvalue weighted by Crippen LogP contribution is 2.54. The highest BCUT2D eigenvalue weighted by Gasteiger charge is 2.55. The van der Waals surface area contributed by atoms with E-state index in [1.807, 2.05) is 0 Å². The second-order valence-corrected chi connectivity index (χ2v) is 6.58. The predicted molar refractivity (Wildman–Crippen MR) is 98.8 cm³/mol. The highest BCUT2D eigenvalue weighted by atomic mass is 127. The van der Waals surface area contributed by atoms with Crippen molar-refractivity contribution in [1.82, 2.24) is 4.90 Å². The standard InChI is InChI=1S/C16H29N3O2.HI/c1-2-21-14-12-13(16(14)6-4-3-5-7-16)18-15(17)19-8-10-20-11-9-19;/h13-14H,2-12H2,1H3,(H2,17,18);1H. The average Bonchev–Trinajstić information content (AvgIpc) is 2.55. The molecule has 1 aliphatic heterocycles. The molecule has 0 aromatic carbocycles. The van der Waals surface area contributed by atoms with Gasteiger partial charge in [0, 0.05) is 25.1 Å². The first-order chi connectivity index (χ1) is 10.3. The average molecular weight is 423 g/mol. The van der Waals surface area contributed by atoms with Crippen LogP contribution in [0.5, 0.6) is 0 Å². The van der Waals surface area contributed by atoms with Crippen molar-refractivity contribution in [2.24, 2.45) is 16.1 Å². The quantitative estimate of drug-likeness (QED) is 0.430. The molecule has 22 heavy (non-hydrogen) atoms. The molecule has 2 saturated carbocycles. The lowest BCUT2D eigenvalue weighted by molar-refractivity contribution is -0.139. The third-order valence-electron chi connectivity index (χ3n) is 5.52. The summed E-state index contributed by atoms with van der Waals surface area (Å²) in [5.74, 6) is 0.711. The summed E-state index contributed by atoms with van der Waals surface area (Å²) < 4.78 is 11.4. The van der Waals surface area contributed by atoms with E-state index in [4.69, 9.17) is 20.2 Å². The van der Waals surface area contributed by atoms with Gasteiger partial charge in [-0.1, -0.05) is 19.3 Å². The summed E-state index contributed by atoms with van der Waals surface area (Å²) in [5, 5.41) is 0. The third kappa shape index (κ3) is 3.53. The van der Waals surface area contributed by atoms with Gasteiger partial charge in [0.05, 0.1) is 25.4 Å². The van der Waals surface area contributed by atoms with E-state index in [9.17, 15) is 0 Å². The van der Waals surface area contributed by atoms with Gasteiger partial charge in [0.25, 0.3) is 0 Å². The molecular weight excluding hydrogens is 393 g/mol. The Bertz CT molecular complexity index is 380. The van der Waals surface area contributed by atoms with Gasteiger partial charge in [-0.25, -0.2) is 4.99 Å². The van der Waals surface area contributed by atoms with Crippen LogP contribution in [-0.2, 0) is 9.47 Å². The zero-order valence-corrected chi connectivity index (χ0v) is 16.0. The lowest BCUT2D eigenvalue weighted by atomic mass is 9.55. The summed E-state index contributed by atoms with van der Waals surface area (Å²) in [6.45, 7) is 6.14. The van der Waals surface area contributed by atoms with Crippen molar-refractivity contribution >= 4 is 29.9 Å². The Morgan fingerprint density at radius 3 is 2.59 bits per heavy atom. The summed E-state index contributed by atoms with van der Waals surface area (Å²) in [6, 6.07) is 0.359. The van der Waals surface area contributed by atoms with Gasteiger partial charge in [0.15, 0.2) is 5.96 Å². The zero-order chi connectivity index (χ0) is 14.7. The Hall–Kier alpha value is -0.0800. The van der Waals surface area contributed by atoms with E-state index in [0.29, 0.717) is 18.1 Å². The Labute approximate surface area is 151 Å². The number of aliphatic imine (C=N–C) groups is 1. The molecule has 0 amide bonds. The van der Waals surface area contributed by atoms with E-state index < -0.39 is 0 Å². The number of guanidine groups is 1. The van der Waals surface area contributed by atoms with Crippen molar-refractivity contribution in [3.63, 3.8) is 0 Å². The van der Waals surface area contributed by atoms with E-state index in [1.54, 1.807) is 0 Å². The SMILES string of the molecule is CCOC1CC(N=C(N)N2CCOCC2)C12CCCCC2.I. The van der Waals surface area contributed by atoms with Gasteiger partial charge in [-0.15, -0.1) is 24.0 Å². The van der Waals surface area contributed by atoms with Gasteiger partial charge in [0.1, 0.15) is 0 Å². The first-order valence-corrected chi connectivity index (χ1v) is 8.54. The van der Waals surface area contributed by atoms with Crippen molar-refractivity contribution < 1.29 is 9.47 Å². The van der Waals surface area contributed by atoms with Crippen LogP contribution in [0, 0.1) is 5.41 Å².